The zero-order valence-electron chi connectivity index (χ0n) is 16.6. The van der Waals surface area contributed by atoms with Gasteiger partial charge in [-0.15, -0.1) is 0 Å². The van der Waals surface area contributed by atoms with Gasteiger partial charge in [0.25, 0.3) is 0 Å². The second-order valence-corrected chi connectivity index (χ2v) is 7.83. The molecule has 0 bridgehead atoms. The number of nitrogens with zero attached hydrogens (tertiary/aromatic N) is 2. The average molecular weight is 341 g/mol. The van der Waals surface area contributed by atoms with Crippen LogP contribution in [-0.4, -0.2) is 53.1 Å². The molecule has 0 aliphatic carbocycles. The van der Waals surface area contributed by atoms with Crippen molar-refractivity contribution in [2.24, 2.45) is 11.8 Å². The molecule has 2 saturated heterocycles. The Balaban J connectivity index is 0.00000139. The fourth-order valence-electron chi connectivity index (χ4n) is 3.36. The van der Waals surface area contributed by atoms with Gasteiger partial charge < -0.3 is 14.5 Å². The van der Waals surface area contributed by atoms with Crippen LogP contribution in [0.4, 0.5) is 4.79 Å². The third kappa shape index (κ3) is 5.38. The summed E-state index contributed by atoms with van der Waals surface area (Å²) < 4.78 is 5.48. The maximum absolute atomic E-state index is 12.5. The Bertz CT molecular complexity index is 431. The molecule has 0 spiro atoms. The molecule has 2 rings (SSSR count). The van der Waals surface area contributed by atoms with E-state index in [2.05, 4.69) is 6.92 Å². The quantitative estimate of drug-likeness (QED) is 0.727. The molecule has 2 heterocycles. The fraction of sp³-hybridized carbons (Fsp3) is 0.895. The second-order valence-electron chi connectivity index (χ2n) is 7.83. The van der Waals surface area contributed by atoms with E-state index in [1.807, 2.05) is 46.4 Å². The third-order valence-electron chi connectivity index (χ3n) is 4.71. The lowest BCUT2D eigenvalue weighted by atomic mass is 9.89. The van der Waals surface area contributed by atoms with E-state index in [4.69, 9.17) is 4.74 Å². The number of carbonyl (C=O) groups is 2. The Morgan fingerprint density at radius 2 is 1.75 bits per heavy atom. The van der Waals surface area contributed by atoms with Crippen LogP contribution in [0.3, 0.4) is 0 Å². The predicted molar refractivity (Wildman–Crippen MR) is 96.8 cm³/mol. The van der Waals surface area contributed by atoms with Crippen molar-refractivity contribution in [1.29, 1.82) is 0 Å². The SMILES string of the molecule is CC.CC1CCCN(C2CN(C(=O)OC(C)(C)C)CC[C@@H]2C)C1=O. The van der Waals surface area contributed by atoms with Crippen LogP contribution in [0.2, 0.25) is 0 Å². The molecule has 24 heavy (non-hydrogen) atoms. The standard InChI is InChI=1S/C17H30N2O3.C2H6/c1-12-8-10-18(16(21)22-17(3,4)5)11-14(12)19-9-6-7-13(2)15(19)20;1-2/h12-14H,6-11H2,1-5H3;1-2H3/t12-,13?,14?;/m0./s1. The van der Waals surface area contributed by atoms with E-state index >= 15 is 0 Å². The topological polar surface area (TPSA) is 49.9 Å². The van der Waals surface area contributed by atoms with Gasteiger partial charge in [0.2, 0.25) is 5.91 Å². The summed E-state index contributed by atoms with van der Waals surface area (Å²) in [6.07, 6.45) is 2.69. The van der Waals surface area contributed by atoms with E-state index in [1.54, 1.807) is 4.90 Å². The minimum absolute atomic E-state index is 0.109. The van der Waals surface area contributed by atoms with Crippen molar-refractivity contribution in [1.82, 2.24) is 9.80 Å². The van der Waals surface area contributed by atoms with E-state index in [9.17, 15) is 9.59 Å². The van der Waals surface area contributed by atoms with Crippen LogP contribution in [0.5, 0.6) is 0 Å². The van der Waals surface area contributed by atoms with Crippen molar-refractivity contribution in [3.8, 4) is 0 Å². The number of hydrogen-bond donors (Lipinski definition) is 0. The molecule has 5 heteroatoms. The number of carbonyl (C=O) groups excluding carboxylic acids is 2. The van der Waals surface area contributed by atoms with Crippen LogP contribution in [-0.2, 0) is 9.53 Å². The summed E-state index contributed by atoms with van der Waals surface area (Å²) in [7, 11) is 0. The molecule has 140 valence electrons. The first-order valence-electron chi connectivity index (χ1n) is 9.47. The zero-order chi connectivity index (χ0) is 18.5. The van der Waals surface area contributed by atoms with E-state index in [0.29, 0.717) is 19.0 Å². The highest BCUT2D eigenvalue weighted by Gasteiger charge is 2.38. The van der Waals surface area contributed by atoms with Crippen molar-refractivity contribution in [2.45, 2.75) is 79.4 Å². The molecule has 2 fully saturated rings. The fourth-order valence-corrected chi connectivity index (χ4v) is 3.36. The van der Waals surface area contributed by atoms with Crippen LogP contribution in [0.1, 0.15) is 67.7 Å². The first kappa shape index (κ1) is 20.8. The van der Waals surface area contributed by atoms with Crippen molar-refractivity contribution in [3.05, 3.63) is 0 Å². The van der Waals surface area contributed by atoms with Crippen LogP contribution in [0, 0.1) is 11.8 Å². The van der Waals surface area contributed by atoms with Crippen molar-refractivity contribution < 1.29 is 14.3 Å². The lowest BCUT2D eigenvalue weighted by molar-refractivity contribution is -0.143. The molecule has 2 aliphatic rings. The molecule has 0 aromatic carbocycles. The minimum atomic E-state index is -0.481. The minimum Gasteiger partial charge on any atom is -0.444 e. The zero-order valence-corrected chi connectivity index (χ0v) is 16.6. The molecule has 0 aromatic rings. The lowest BCUT2D eigenvalue weighted by Gasteiger charge is -2.45. The summed E-state index contributed by atoms with van der Waals surface area (Å²) in [4.78, 5) is 28.5. The Morgan fingerprint density at radius 1 is 1.12 bits per heavy atom. The summed E-state index contributed by atoms with van der Waals surface area (Å²) in [5, 5.41) is 0. The van der Waals surface area contributed by atoms with Gasteiger partial charge in [-0.3, -0.25) is 4.79 Å². The van der Waals surface area contributed by atoms with Gasteiger partial charge in [0.15, 0.2) is 0 Å². The molecule has 3 atom stereocenters. The highest BCUT2D eigenvalue weighted by atomic mass is 16.6. The molecule has 2 unspecified atom stereocenters. The molecule has 5 nitrogen and oxygen atoms in total. The number of amides is 2. The largest absolute Gasteiger partial charge is 0.444 e. The molecule has 0 radical (unpaired) electrons. The van der Waals surface area contributed by atoms with Crippen molar-refractivity contribution in [3.63, 3.8) is 0 Å². The molecule has 2 aliphatic heterocycles. The van der Waals surface area contributed by atoms with E-state index in [0.717, 1.165) is 25.8 Å². The number of rotatable bonds is 1. The van der Waals surface area contributed by atoms with E-state index in [-0.39, 0.29) is 24.0 Å². The highest BCUT2D eigenvalue weighted by Crippen LogP contribution is 2.28. The van der Waals surface area contributed by atoms with E-state index in [1.165, 1.54) is 0 Å². The normalized spacial score (nSPS) is 28.1. The van der Waals surface area contributed by atoms with Gasteiger partial charge in [0, 0.05) is 25.6 Å². The first-order valence-corrected chi connectivity index (χ1v) is 9.47. The summed E-state index contributed by atoms with van der Waals surface area (Å²) in [6, 6.07) is 0.122. The van der Waals surface area contributed by atoms with Crippen molar-refractivity contribution in [2.75, 3.05) is 19.6 Å². The molecular weight excluding hydrogens is 304 g/mol. The second kappa shape index (κ2) is 8.72. The predicted octanol–water partition coefficient (Wildman–Crippen LogP) is 3.92. The third-order valence-corrected chi connectivity index (χ3v) is 4.71. The highest BCUT2D eigenvalue weighted by molar-refractivity contribution is 5.79. The molecule has 0 aromatic heterocycles. The summed E-state index contributed by atoms with van der Waals surface area (Å²) in [5.41, 5.74) is -0.481. The maximum Gasteiger partial charge on any atom is 0.410 e. The van der Waals surface area contributed by atoms with Crippen LogP contribution < -0.4 is 0 Å². The van der Waals surface area contributed by atoms with Gasteiger partial charge >= 0.3 is 6.09 Å². The maximum atomic E-state index is 12.5. The summed E-state index contributed by atoms with van der Waals surface area (Å²) >= 11 is 0. The summed E-state index contributed by atoms with van der Waals surface area (Å²) in [5.74, 6) is 0.778. The first-order chi connectivity index (χ1) is 11.2. The number of likely N-dealkylation sites (tertiary alicyclic amines) is 2. The van der Waals surface area contributed by atoms with Gasteiger partial charge in [-0.1, -0.05) is 27.7 Å². The molecule has 0 N–H and O–H groups in total. The van der Waals surface area contributed by atoms with Gasteiger partial charge in [-0.05, 0) is 46.0 Å². The Morgan fingerprint density at radius 3 is 2.33 bits per heavy atom. The van der Waals surface area contributed by atoms with Crippen molar-refractivity contribution >= 4 is 12.0 Å². The number of piperidine rings is 2. The smallest absolute Gasteiger partial charge is 0.410 e. The van der Waals surface area contributed by atoms with Gasteiger partial charge in [0.1, 0.15) is 5.60 Å². The molecular formula is C19H36N2O3. The summed E-state index contributed by atoms with van der Waals surface area (Å²) in [6.45, 7) is 16.0. The van der Waals surface area contributed by atoms with Crippen LogP contribution >= 0.6 is 0 Å². The molecule has 2 amide bonds. The average Bonchev–Trinajstić information content (AvgIpc) is 2.51. The van der Waals surface area contributed by atoms with Gasteiger partial charge in [-0.2, -0.15) is 0 Å². The van der Waals surface area contributed by atoms with Crippen LogP contribution in [0.25, 0.3) is 0 Å². The van der Waals surface area contributed by atoms with E-state index < -0.39 is 5.60 Å². The van der Waals surface area contributed by atoms with Crippen LogP contribution in [0.15, 0.2) is 0 Å². The number of hydrogen-bond acceptors (Lipinski definition) is 3. The Labute approximate surface area is 147 Å². The molecule has 0 saturated carbocycles. The lowest BCUT2D eigenvalue weighted by Crippen LogP contribution is -2.57. The Kier molecular flexibility index (Phi) is 7.56. The monoisotopic (exact) mass is 340 g/mol. The number of ether oxygens (including phenoxy) is 1. The Hall–Kier alpha value is -1.26. The van der Waals surface area contributed by atoms with Gasteiger partial charge in [0.05, 0.1) is 6.04 Å². The van der Waals surface area contributed by atoms with Gasteiger partial charge in [-0.25, -0.2) is 4.79 Å².